The molecule has 1 aromatic rings. The van der Waals surface area contributed by atoms with Crippen LogP contribution in [-0.4, -0.2) is 27.7 Å². The summed E-state index contributed by atoms with van der Waals surface area (Å²) in [4.78, 5) is 8.35. The van der Waals surface area contributed by atoms with Crippen molar-refractivity contribution in [1.29, 1.82) is 0 Å². The van der Waals surface area contributed by atoms with Crippen LogP contribution < -0.4 is 5.32 Å². The van der Waals surface area contributed by atoms with Crippen LogP contribution in [0.1, 0.15) is 31.8 Å². The van der Waals surface area contributed by atoms with Crippen LogP contribution in [0.25, 0.3) is 0 Å². The maximum Gasteiger partial charge on any atom is 0.125 e. The number of aliphatic hydroxyl groups is 1. The van der Waals surface area contributed by atoms with Gasteiger partial charge in [-0.2, -0.15) is 0 Å². The smallest absolute Gasteiger partial charge is 0.125 e. The van der Waals surface area contributed by atoms with Crippen LogP contribution in [0.5, 0.6) is 0 Å². The van der Waals surface area contributed by atoms with Gasteiger partial charge in [-0.25, -0.2) is 9.97 Å². The second-order valence-corrected chi connectivity index (χ2v) is 4.49. The quantitative estimate of drug-likeness (QED) is 0.763. The summed E-state index contributed by atoms with van der Waals surface area (Å²) in [5, 5.41) is 12.5. The Balaban J connectivity index is 2.43. The van der Waals surface area contributed by atoms with Crippen molar-refractivity contribution in [2.45, 2.75) is 39.8 Å². The zero-order chi connectivity index (χ0) is 12.0. The predicted octanol–water partition coefficient (Wildman–Crippen LogP) is 1.28. The van der Waals surface area contributed by atoms with Gasteiger partial charge in [0, 0.05) is 18.8 Å². The lowest BCUT2D eigenvalue weighted by molar-refractivity contribution is 0.223. The molecular weight excluding hydrogens is 202 g/mol. The number of nitrogens with zero attached hydrogens (tertiary/aromatic N) is 2. The third kappa shape index (κ3) is 4.68. The van der Waals surface area contributed by atoms with Crippen LogP contribution in [0.2, 0.25) is 0 Å². The lowest BCUT2D eigenvalue weighted by Gasteiger charge is -2.17. The molecule has 0 saturated heterocycles. The highest BCUT2D eigenvalue weighted by Gasteiger charge is 2.09. The Labute approximate surface area is 97.1 Å². The van der Waals surface area contributed by atoms with Gasteiger partial charge in [0.1, 0.15) is 5.82 Å². The highest BCUT2D eigenvalue weighted by Crippen LogP contribution is 2.05. The van der Waals surface area contributed by atoms with E-state index in [-0.39, 0.29) is 12.6 Å². The Kier molecular flexibility index (Phi) is 5.35. The highest BCUT2D eigenvalue weighted by atomic mass is 16.3. The molecule has 2 N–H and O–H groups in total. The summed E-state index contributed by atoms with van der Waals surface area (Å²) >= 11 is 0. The second kappa shape index (κ2) is 6.55. The molecular formula is C12H21N3O. The highest BCUT2D eigenvalue weighted by molar-refractivity contribution is 5.01. The molecule has 0 aliphatic rings. The minimum absolute atomic E-state index is 0.148. The lowest BCUT2D eigenvalue weighted by Crippen LogP contribution is -2.33. The molecule has 0 saturated carbocycles. The summed E-state index contributed by atoms with van der Waals surface area (Å²) in [6, 6.07) is 2.04. The third-order valence-corrected chi connectivity index (χ3v) is 2.38. The van der Waals surface area contributed by atoms with E-state index in [0.717, 1.165) is 17.9 Å². The molecule has 1 heterocycles. The molecule has 0 fully saturated rings. The van der Waals surface area contributed by atoms with Gasteiger partial charge in [-0.05, 0) is 25.3 Å². The van der Waals surface area contributed by atoms with Crippen LogP contribution in [0.3, 0.4) is 0 Å². The van der Waals surface area contributed by atoms with Gasteiger partial charge in [0.25, 0.3) is 0 Å². The third-order valence-electron chi connectivity index (χ3n) is 2.38. The van der Waals surface area contributed by atoms with E-state index in [4.69, 9.17) is 0 Å². The van der Waals surface area contributed by atoms with Crippen molar-refractivity contribution in [3.8, 4) is 0 Å². The normalized spacial score (nSPS) is 13.1. The monoisotopic (exact) mass is 223 g/mol. The molecule has 0 spiro atoms. The van der Waals surface area contributed by atoms with Gasteiger partial charge in [0.15, 0.2) is 0 Å². The van der Waals surface area contributed by atoms with Gasteiger partial charge >= 0.3 is 0 Å². The number of aromatic nitrogens is 2. The fourth-order valence-electron chi connectivity index (χ4n) is 1.64. The van der Waals surface area contributed by atoms with Gasteiger partial charge in [-0.3, -0.25) is 0 Å². The van der Waals surface area contributed by atoms with E-state index in [1.807, 2.05) is 13.0 Å². The Bertz CT molecular complexity index is 315. The zero-order valence-electron chi connectivity index (χ0n) is 10.3. The van der Waals surface area contributed by atoms with Gasteiger partial charge in [-0.1, -0.05) is 13.8 Å². The van der Waals surface area contributed by atoms with Gasteiger partial charge in [0.2, 0.25) is 0 Å². The maximum atomic E-state index is 9.21. The van der Waals surface area contributed by atoms with Gasteiger partial charge in [0.05, 0.1) is 12.3 Å². The molecule has 0 aromatic carbocycles. The molecule has 0 radical (unpaired) electrons. The Morgan fingerprint density at radius 3 is 2.75 bits per heavy atom. The molecule has 0 aliphatic carbocycles. The minimum atomic E-state index is 0.148. The standard InChI is InChI=1S/C12H21N3O/c1-9(2)6-12(8-16)14-7-11-4-5-13-10(3)15-11/h4-5,9,12,14,16H,6-8H2,1-3H3. The van der Waals surface area contributed by atoms with Crippen molar-refractivity contribution >= 4 is 0 Å². The van der Waals surface area contributed by atoms with E-state index in [0.29, 0.717) is 12.5 Å². The number of rotatable bonds is 6. The Hall–Kier alpha value is -1.00. The van der Waals surface area contributed by atoms with Crippen molar-refractivity contribution < 1.29 is 5.11 Å². The van der Waals surface area contributed by atoms with E-state index in [1.165, 1.54) is 0 Å². The molecule has 16 heavy (non-hydrogen) atoms. The van der Waals surface area contributed by atoms with E-state index in [2.05, 4.69) is 29.1 Å². The summed E-state index contributed by atoms with van der Waals surface area (Å²) < 4.78 is 0. The molecule has 0 aliphatic heterocycles. The van der Waals surface area contributed by atoms with E-state index < -0.39 is 0 Å². The first kappa shape index (κ1) is 13.1. The average molecular weight is 223 g/mol. The van der Waals surface area contributed by atoms with Crippen LogP contribution in [0.4, 0.5) is 0 Å². The summed E-state index contributed by atoms with van der Waals surface area (Å²) in [6.45, 7) is 7.03. The molecule has 0 bridgehead atoms. The molecule has 1 atom stereocenters. The lowest BCUT2D eigenvalue weighted by atomic mass is 10.0. The van der Waals surface area contributed by atoms with Crippen molar-refractivity contribution in [2.75, 3.05) is 6.61 Å². The maximum absolute atomic E-state index is 9.21. The number of hydrogen-bond donors (Lipinski definition) is 2. The van der Waals surface area contributed by atoms with Crippen molar-refractivity contribution in [3.05, 3.63) is 23.8 Å². The van der Waals surface area contributed by atoms with Gasteiger partial charge in [-0.15, -0.1) is 0 Å². The fourth-order valence-corrected chi connectivity index (χ4v) is 1.64. The van der Waals surface area contributed by atoms with Crippen molar-refractivity contribution in [2.24, 2.45) is 5.92 Å². The topological polar surface area (TPSA) is 58.0 Å². The summed E-state index contributed by atoms with van der Waals surface area (Å²) in [7, 11) is 0. The molecule has 4 heteroatoms. The SMILES string of the molecule is Cc1nccc(CNC(CO)CC(C)C)n1. The molecule has 90 valence electrons. The first-order valence-electron chi connectivity index (χ1n) is 5.74. The first-order valence-corrected chi connectivity index (χ1v) is 5.74. The fraction of sp³-hybridized carbons (Fsp3) is 0.667. The first-order chi connectivity index (χ1) is 7.61. The number of nitrogens with one attached hydrogen (secondary N) is 1. The van der Waals surface area contributed by atoms with E-state index in [9.17, 15) is 5.11 Å². The molecule has 1 aromatic heterocycles. The summed E-state index contributed by atoms with van der Waals surface area (Å²) in [5.41, 5.74) is 0.967. The number of aryl methyl sites for hydroxylation is 1. The van der Waals surface area contributed by atoms with Crippen LogP contribution in [0.15, 0.2) is 12.3 Å². The van der Waals surface area contributed by atoms with E-state index in [1.54, 1.807) is 6.20 Å². The summed E-state index contributed by atoms with van der Waals surface area (Å²) in [6.07, 6.45) is 2.73. The Morgan fingerprint density at radius 2 is 2.19 bits per heavy atom. The minimum Gasteiger partial charge on any atom is -0.395 e. The number of aliphatic hydroxyl groups excluding tert-OH is 1. The van der Waals surface area contributed by atoms with Crippen LogP contribution >= 0.6 is 0 Å². The average Bonchev–Trinajstić information content (AvgIpc) is 2.24. The van der Waals surface area contributed by atoms with E-state index >= 15 is 0 Å². The van der Waals surface area contributed by atoms with Crippen LogP contribution in [-0.2, 0) is 6.54 Å². The predicted molar refractivity (Wildman–Crippen MR) is 63.9 cm³/mol. The molecule has 0 amide bonds. The largest absolute Gasteiger partial charge is 0.395 e. The van der Waals surface area contributed by atoms with Gasteiger partial charge < -0.3 is 10.4 Å². The molecule has 4 nitrogen and oxygen atoms in total. The van der Waals surface area contributed by atoms with Crippen molar-refractivity contribution in [3.63, 3.8) is 0 Å². The molecule has 1 rings (SSSR count). The Morgan fingerprint density at radius 1 is 1.44 bits per heavy atom. The van der Waals surface area contributed by atoms with Crippen molar-refractivity contribution in [1.82, 2.24) is 15.3 Å². The number of hydrogen-bond acceptors (Lipinski definition) is 4. The second-order valence-electron chi connectivity index (χ2n) is 4.49. The zero-order valence-corrected chi connectivity index (χ0v) is 10.3. The summed E-state index contributed by atoms with van der Waals surface area (Å²) in [5.74, 6) is 1.36. The molecule has 1 unspecified atom stereocenters. The van der Waals surface area contributed by atoms with Crippen LogP contribution in [0, 0.1) is 12.8 Å².